The molecule has 0 bridgehead atoms. The summed E-state index contributed by atoms with van der Waals surface area (Å²) in [7, 11) is 0. The number of nitrogens with one attached hydrogen (secondary N) is 1. The van der Waals surface area contributed by atoms with Crippen molar-refractivity contribution in [3.63, 3.8) is 0 Å². The van der Waals surface area contributed by atoms with E-state index < -0.39 is 11.4 Å². The van der Waals surface area contributed by atoms with Crippen LogP contribution in [0, 0.1) is 5.82 Å². The summed E-state index contributed by atoms with van der Waals surface area (Å²) >= 11 is 7.17. The first-order valence-electron chi connectivity index (χ1n) is 5.06. The van der Waals surface area contributed by atoms with E-state index in [0.29, 0.717) is 5.75 Å². The third-order valence-electron chi connectivity index (χ3n) is 2.23. The maximum absolute atomic E-state index is 13.7. The molecule has 17 heavy (non-hydrogen) atoms. The predicted molar refractivity (Wildman–Crippen MR) is 73.3 cm³/mol. The van der Waals surface area contributed by atoms with Crippen molar-refractivity contribution in [1.29, 1.82) is 0 Å². The lowest BCUT2D eigenvalue weighted by atomic mass is 10.1. The van der Waals surface area contributed by atoms with Crippen LogP contribution < -0.4 is 11.1 Å². The highest BCUT2D eigenvalue weighted by atomic mass is 35.5. The van der Waals surface area contributed by atoms with E-state index in [1.54, 1.807) is 6.92 Å². The average Bonchev–Trinajstić information content (AvgIpc) is 2.23. The molecule has 0 saturated carbocycles. The van der Waals surface area contributed by atoms with Crippen molar-refractivity contribution in [2.45, 2.75) is 12.5 Å². The summed E-state index contributed by atoms with van der Waals surface area (Å²) in [5.74, 6) is -0.0474. The zero-order valence-electron chi connectivity index (χ0n) is 9.76. The van der Waals surface area contributed by atoms with E-state index in [1.165, 1.54) is 23.9 Å². The van der Waals surface area contributed by atoms with Crippen LogP contribution in [0.3, 0.4) is 0 Å². The first-order chi connectivity index (χ1) is 7.87. The minimum Gasteiger partial charge on any atom is -0.397 e. The summed E-state index contributed by atoms with van der Waals surface area (Å²) in [6.45, 7) is 1.88. The summed E-state index contributed by atoms with van der Waals surface area (Å²) in [4.78, 5) is 0. The maximum atomic E-state index is 13.7. The molecule has 4 N–H and O–H groups in total. The largest absolute Gasteiger partial charge is 0.397 e. The molecule has 96 valence electrons. The number of aliphatic hydroxyl groups is 1. The van der Waals surface area contributed by atoms with Gasteiger partial charge in [-0.15, -0.1) is 0 Å². The molecule has 0 spiro atoms. The topological polar surface area (TPSA) is 58.3 Å². The molecule has 1 rings (SSSR count). The van der Waals surface area contributed by atoms with E-state index in [1.807, 2.05) is 6.26 Å². The Morgan fingerprint density at radius 3 is 2.82 bits per heavy atom. The molecule has 0 aliphatic heterocycles. The van der Waals surface area contributed by atoms with Gasteiger partial charge in [0.05, 0.1) is 22.0 Å². The molecular formula is C11H16ClFN2OS. The van der Waals surface area contributed by atoms with Gasteiger partial charge in [-0.3, -0.25) is 0 Å². The second-order valence-corrected chi connectivity index (χ2v) is 5.38. The van der Waals surface area contributed by atoms with E-state index >= 15 is 0 Å². The van der Waals surface area contributed by atoms with Crippen LogP contribution in [-0.2, 0) is 0 Å². The average molecular weight is 279 g/mol. The van der Waals surface area contributed by atoms with Gasteiger partial charge < -0.3 is 16.2 Å². The van der Waals surface area contributed by atoms with Gasteiger partial charge in [0.2, 0.25) is 0 Å². The standard InChI is InChI=1S/C11H16ClFN2OS/c1-11(16,6-17-2)5-15-10-8(14)4-3-7(12)9(10)13/h3-4,15-16H,5-6,14H2,1-2H3. The first-order valence-corrected chi connectivity index (χ1v) is 6.83. The highest BCUT2D eigenvalue weighted by Gasteiger charge is 2.21. The molecule has 0 aliphatic carbocycles. The van der Waals surface area contributed by atoms with Gasteiger partial charge in [0, 0.05) is 12.3 Å². The van der Waals surface area contributed by atoms with Crippen LogP contribution in [0.5, 0.6) is 0 Å². The second-order valence-electron chi connectivity index (χ2n) is 4.11. The van der Waals surface area contributed by atoms with Gasteiger partial charge in [-0.25, -0.2) is 4.39 Å². The molecule has 0 amide bonds. The number of nitrogens with two attached hydrogens (primary N) is 1. The third-order valence-corrected chi connectivity index (χ3v) is 3.43. The van der Waals surface area contributed by atoms with Crippen molar-refractivity contribution in [3.05, 3.63) is 23.0 Å². The lowest BCUT2D eigenvalue weighted by Crippen LogP contribution is -2.36. The molecule has 0 radical (unpaired) electrons. The van der Waals surface area contributed by atoms with Crippen LogP contribution in [-0.4, -0.2) is 29.3 Å². The third kappa shape index (κ3) is 3.94. The Morgan fingerprint density at radius 1 is 1.59 bits per heavy atom. The van der Waals surface area contributed by atoms with Gasteiger partial charge in [-0.05, 0) is 25.3 Å². The highest BCUT2D eigenvalue weighted by molar-refractivity contribution is 7.98. The van der Waals surface area contributed by atoms with Gasteiger partial charge in [-0.1, -0.05) is 11.6 Å². The number of halogens is 2. The van der Waals surface area contributed by atoms with Crippen molar-refractivity contribution in [3.8, 4) is 0 Å². The Balaban J connectivity index is 2.79. The van der Waals surface area contributed by atoms with Crippen LogP contribution in [0.1, 0.15) is 6.92 Å². The van der Waals surface area contributed by atoms with Crippen molar-refractivity contribution in [1.82, 2.24) is 0 Å². The fourth-order valence-electron chi connectivity index (χ4n) is 1.39. The lowest BCUT2D eigenvalue weighted by molar-refractivity contribution is 0.0997. The number of benzene rings is 1. The van der Waals surface area contributed by atoms with Crippen molar-refractivity contribution in [2.24, 2.45) is 0 Å². The SMILES string of the molecule is CSCC(C)(O)CNc1c(N)ccc(Cl)c1F. The lowest BCUT2D eigenvalue weighted by Gasteiger charge is -2.24. The molecule has 1 unspecified atom stereocenters. The zero-order chi connectivity index (χ0) is 13.1. The van der Waals surface area contributed by atoms with Gasteiger partial charge >= 0.3 is 0 Å². The van der Waals surface area contributed by atoms with Crippen LogP contribution >= 0.6 is 23.4 Å². The monoisotopic (exact) mass is 278 g/mol. The summed E-state index contributed by atoms with van der Waals surface area (Å²) in [5, 5.41) is 12.8. The van der Waals surface area contributed by atoms with Gasteiger partial charge in [0.1, 0.15) is 0 Å². The van der Waals surface area contributed by atoms with Crippen LogP contribution in [0.4, 0.5) is 15.8 Å². The zero-order valence-corrected chi connectivity index (χ0v) is 11.3. The summed E-state index contributed by atoms with van der Waals surface area (Å²) in [5.41, 5.74) is 5.12. The van der Waals surface area contributed by atoms with Crippen LogP contribution in [0.15, 0.2) is 12.1 Å². The van der Waals surface area contributed by atoms with Gasteiger partial charge in [-0.2, -0.15) is 11.8 Å². The molecule has 1 aromatic rings. The Labute approximate surface area is 110 Å². The minimum absolute atomic E-state index is 0.00575. The van der Waals surface area contributed by atoms with Gasteiger partial charge in [0.25, 0.3) is 0 Å². The molecule has 0 fully saturated rings. The smallest absolute Gasteiger partial charge is 0.166 e. The molecule has 0 heterocycles. The summed E-state index contributed by atoms with van der Waals surface area (Å²) in [6.07, 6.45) is 1.89. The van der Waals surface area contributed by atoms with E-state index in [9.17, 15) is 9.50 Å². The van der Waals surface area contributed by atoms with Crippen molar-refractivity contribution < 1.29 is 9.50 Å². The van der Waals surface area contributed by atoms with Crippen molar-refractivity contribution in [2.75, 3.05) is 29.6 Å². The number of hydrogen-bond donors (Lipinski definition) is 3. The molecule has 1 aromatic carbocycles. The fourth-order valence-corrected chi connectivity index (χ4v) is 2.27. The number of nitrogen functional groups attached to an aromatic ring is 1. The molecule has 0 saturated heterocycles. The van der Waals surface area contributed by atoms with E-state index in [0.717, 1.165) is 0 Å². The molecule has 0 aromatic heterocycles. The predicted octanol–water partition coefficient (Wildman–Crippen LogP) is 2.59. The molecular weight excluding hydrogens is 263 g/mol. The fraction of sp³-hybridized carbons (Fsp3) is 0.455. The number of hydrogen-bond acceptors (Lipinski definition) is 4. The molecule has 0 aliphatic rings. The molecule has 1 atom stereocenters. The Hall–Kier alpha value is -0.650. The Morgan fingerprint density at radius 2 is 2.24 bits per heavy atom. The number of rotatable bonds is 5. The van der Waals surface area contributed by atoms with Gasteiger partial charge in [0.15, 0.2) is 5.82 Å². The van der Waals surface area contributed by atoms with E-state index in [4.69, 9.17) is 17.3 Å². The minimum atomic E-state index is -0.930. The van der Waals surface area contributed by atoms with Crippen molar-refractivity contribution >= 4 is 34.7 Å². The number of thioether (sulfide) groups is 1. The summed E-state index contributed by atoms with van der Waals surface area (Å²) < 4.78 is 13.7. The normalized spacial score (nSPS) is 14.4. The van der Waals surface area contributed by atoms with Crippen LogP contribution in [0.25, 0.3) is 0 Å². The molecule has 6 heteroatoms. The maximum Gasteiger partial charge on any atom is 0.166 e. The first kappa shape index (κ1) is 14.4. The Kier molecular flexibility index (Phi) is 4.91. The quantitative estimate of drug-likeness (QED) is 0.725. The molecule has 3 nitrogen and oxygen atoms in total. The van der Waals surface area contributed by atoms with E-state index in [2.05, 4.69) is 5.32 Å². The highest BCUT2D eigenvalue weighted by Crippen LogP contribution is 2.28. The van der Waals surface area contributed by atoms with Crippen LogP contribution in [0.2, 0.25) is 5.02 Å². The second kappa shape index (κ2) is 5.80. The number of anilines is 2. The Bertz CT molecular complexity index is 401. The summed E-state index contributed by atoms with van der Waals surface area (Å²) in [6, 6.07) is 2.93. The van der Waals surface area contributed by atoms with E-state index in [-0.39, 0.29) is 22.9 Å².